The molecular weight excluding hydrogens is 67.0 g/mol. The zero-order chi connectivity index (χ0) is 4.28. The first-order valence-corrected chi connectivity index (χ1v) is 2.10. The molecule has 0 bridgehead atoms. The van der Waals surface area contributed by atoms with Crippen LogP contribution in [0.4, 0.5) is 0 Å². The molecule has 0 aliphatic heterocycles. The fourth-order valence-corrected chi connectivity index (χ4v) is 0. The van der Waals surface area contributed by atoms with E-state index < -0.39 is 0 Å². The van der Waals surface area contributed by atoms with Crippen molar-refractivity contribution in [3.8, 4) is 0 Å². The minimum atomic E-state index is 0. The molecule has 0 aromatic rings. The Hall–Kier alpha value is 0.597. The second-order valence-electron chi connectivity index (χ2n) is 1.51. The van der Waals surface area contributed by atoms with E-state index in [-0.39, 0.29) is 18.9 Å². The summed E-state index contributed by atoms with van der Waals surface area (Å²) in [6.45, 7) is 8.00. The Bertz CT molecular complexity index is 17.9. The van der Waals surface area contributed by atoms with Crippen LogP contribution in [0.3, 0.4) is 0 Å². The summed E-state index contributed by atoms with van der Waals surface area (Å²) in [5.41, 5.74) is 0. The van der Waals surface area contributed by atoms with Gasteiger partial charge in [0.25, 0.3) is 0 Å². The van der Waals surface area contributed by atoms with Crippen molar-refractivity contribution < 1.29 is 0 Å². The van der Waals surface area contributed by atoms with Crippen molar-refractivity contribution >= 4 is 18.9 Å². The summed E-state index contributed by atoms with van der Waals surface area (Å²) < 4.78 is 0. The van der Waals surface area contributed by atoms with E-state index in [1.54, 1.807) is 0 Å². The molecule has 0 aliphatic carbocycles. The molecule has 1 radical (unpaired) electrons. The van der Waals surface area contributed by atoms with Gasteiger partial charge < -0.3 is 0 Å². The molecule has 0 aliphatic rings. The van der Waals surface area contributed by atoms with Crippen molar-refractivity contribution in [3.63, 3.8) is 0 Å². The molecule has 1 heteroatoms. The van der Waals surface area contributed by atoms with Crippen LogP contribution in [0, 0.1) is 12.8 Å². The van der Waals surface area contributed by atoms with E-state index >= 15 is 0 Å². The van der Waals surface area contributed by atoms with E-state index in [1.807, 2.05) is 0 Å². The maximum atomic E-state index is 3.76. The summed E-state index contributed by atoms with van der Waals surface area (Å²) in [5.74, 6) is 0.634. The summed E-state index contributed by atoms with van der Waals surface area (Å²) in [5, 5.41) is 0. The Morgan fingerprint density at radius 2 is 1.83 bits per heavy atom. The molecule has 0 amide bonds. The first-order chi connectivity index (χ1) is 2.27. The Labute approximate surface area is 52.5 Å². The molecule has 0 rings (SSSR count). The molecule has 1 unspecified atom stereocenters. The van der Waals surface area contributed by atoms with Crippen LogP contribution in [0.15, 0.2) is 0 Å². The van der Waals surface area contributed by atoms with Gasteiger partial charge in [-0.3, -0.25) is 0 Å². The van der Waals surface area contributed by atoms with Gasteiger partial charge in [-0.2, -0.15) is 0 Å². The van der Waals surface area contributed by atoms with Crippen molar-refractivity contribution in [3.05, 3.63) is 6.92 Å². The van der Waals surface area contributed by atoms with Crippen LogP contribution < -0.4 is 0 Å². The zero-order valence-corrected chi connectivity index (χ0v) is 3.99. The first-order valence-electron chi connectivity index (χ1n) is 2.10. The zero-order valence-electron chi connectivity index (χ0n) is 3.99. The van der Waals surface area contributed by atoms with Crippen LogP contribution in [0.5, 0.6) is 0 Å². The van der Waals surface area contributed by atoms with Gasteiger partial charge in [-0.1, -0.05) is 27.2 Å². The van der Waals surface area contributed by atoms with Gasteiger partial charge in [-0.25, -0.2) is 0 Å². The maximum absolute atomic E-state index is 3.76. The van der Waals surface area contributed by atoms with E-state index in [0.717, 1.165) is 0 Å². The van der Waals surface area contributed by atoms with Gasteiger partial charge in [0.15, 0.2) is 0 Å². The van der Waals surface area contributed by atoms with Gasteiger partial charge in [-0.05, 0) is 5.92 Å². The number of rotatable bonds is 1. The first kappa shape index (κ1) is 9.78. The third-order valence-electron chi connectivity index (χ3n) is 0.697. The van der Waals surface area contributed by atoms with Crippen LogP contribution in [-0.2, 0) is 0 Å². The molecule has 0 aromatic heterocycles. The van der Waals surface area contributed by atoms with Crippen LogP contribution >= 0.6 is 0 Å². The summed E-state index contributed by atoms with van der Waals surface area (Å²) in [6, 6.07) is 0. The molecule has 0 heterocycles. The monoisotopic (exact) mass is 79.1 g/mol. The Kier molecular flexibility index (Phi) is 9.12. The summed E-state index contributed by atoms with van der Waals surface area (Å²) in [7, 11) is 0. The Morgan fingerprint density at radius 1 is 1.67 bits per heavy atom. The number of hydrogen-bond donors (Lipinski definition) is 0. The molecule has 0 aromatic carbocycles. The molecule has 0 saturated heterocycles. The molecule has 6 heavy (non-hydrogen) atoms. The predicted octanol–water partition coefficient (Wildman–Crippen LogP) is 1.22. The van der Waals surface area contributed by atoms with Gasteiger partial charge in [-0.15, -0.1) is 0 Å². The molecular formula is C5H12Li. The van der Waals surface area contributed by atoms with Crippen molar-refractivity contribution in [1.29, 1.82) is 0 Å². The fourth-order valence-electron chi connectivity index (χ4n) is 0. The second kappa shape index (κ2) is 5.60. The summed E-state index contributed by atoms with van der Waals surface area (Å²) in [4.78, 5) is 0. The van der Waals surface area contributed by atoms with Crippen LogP contribution in [0.2, 0.25) is 0 Å². The SMILES string of the molecule is [CH2]C(C)CC.[LiH]. The molecule has 0 fully saturated rings. The van der Waals surface area contributed by atoms with Gasteiger partial charge in [0.1, 0.15) is 0 Å². The third kappa shape index (κ3) is 8.82. The molecule has 33 valence electrons. The van der Waals surface area contributed by atoms with Crippen molar-refractivity contribution in [2.45, 2.75) is 20.3 Å². The Balaban J connectivity index is 0. The summed E-state index contributed by atoms with van der Waals surface area (Å²) in [6.07, 6.45) is 1.19. The summed E-state index contributed by atoms with van der Waals surface area (Å²) >= 11 is 0. The third-order valence-corrected chi connectivity index (χ3v) is 0.697. The van der Waals surface area contributed by atoms with Crippen LogP contribution in [-0.4, -0.2) is 18.9 Å². The number of hydrogen-bond acceptors (Lipinski definition) is 0. The molecule has 0 saturated carbocycles. The van der Waals surface area contributed by atoms with Crippen molar-refractivity contribution in [1.82, 2.24) is 0 Å². The second-order valence-corrected chi connectivity index (χ2v) is 1.51. The normalized spacial score (nSPS) is 8.00. The van der Waals surface area contributed by atoms with Gasteiger partial charge in [0.05, 0.1) is 0 Å². The van der Waals surface area contributed by atoms with Crippen molar-refractivity contribution in [2.24, 2.45) is 5.92 Å². The minimum absolute atomic E-state index is 0. The predicted molar refractivity (Wildman–Crippen MR) is 32.0 cm³/mol. The van der Waals surface area contributed by atoms with Gasteiger partial charge in [0.2, 0.25) is 0 Å². The van der Waals surface area contributed by atoms with Crippen LogP contribution in [0.1, 0.15) is 20.3 Å². The molecule has 1 atom stereocenters. The topological polar surface area (TPSA) is 0 Å². The fraction of sp³-hybridized carbons (Fsp3) is 0.800. The van der Waals surface area contributed by atoms with Gasteiger partial charge >= 0.3 is 18.9 Å². The van der Waals surface area contributed by atoms with E-state index in [4.69, 9.17) is 0 Å². The average molecular weight is 79.1 g/mol. The standard InChI is InChI=1S/C5H11.Li.H/c1-4-5(2)3;;/h5H,2,4H2,1,3H3;;. The van der Waals surface area contributed by atoms with E-state index in [1.165, 1.54) is 6.42 Å². The van der Waals surface area contributed by atoms with E-state index in [2.05, 4.69) is 20.8 Å². The van der Waals surface area contributed by atoms with E-state index in [0.29, 0.717) is 5.92 Å². The average Bonchev–Trinajstić information content (AvgIpc) is 1.38. The van der Waals surface area contributed by atoms with Gasteiger partial charge in [0, 0.05) is 0 Å². The van der Waals surface area contributed by atoms with Crippen molar-refractivity contribution in [2.75, 3.05) is 0 Å². The molecule has 0 N–H and O–H groups in total. The molecule has 0 nitrogen and oxygen atoms in total. The van der Waals surface area contributed by atoms with Crippen LogP contribution in [0.25, 0.3) is 0 Å². The molecule has 0 spiro atoms. The Morgan fingerprint density at radius 3 is 1.83 bits per heavy atom. The quantitative estimate of drug-likeness (QED) is 0.414. The van der Waals surface area contributed by atoms with E-state index in [9.17, 15) is 0 Å².